The first kappa shape index (κ1) is 24.2. The predicted octanol–water partition coefficient (Wildman–Crippen LogP) is 6.86. The first-order valence-electron chi connectivity index (χ1n) is 8.07. The van der Waals surface area contributed by atoms with Gasteiger partial charge in [0.1, 0.15) is 0 Å². The summed E-state index contributed by atoms with van der Waals surface area (Å²) in [6.07, 6.45) is 17.2. The number of allylic oxidation sites excluding steroid dienone is 6. The predicted molar refractivity (Wildman–Crippen MR) is 102 cm³/mol. The van der Waals surface area contributed by atoms with Crippen molar-refractivity contribution in [2.24, 2.45) is 10.2 Å². The number of hydrogen-bond donors (Lipinski definition) is 0. The van der Waals surface area contributed by atoms with Gasteiger partial charge >= 0.3 is 0 Å². The molecule has 0 aromatic rings. The normalized spacial score (nSPS) is 14.0. The number of rotatable bonds is 5. The van der Waals surface area contributed by atoms with Crippen molar-refractivity contribution in [3.8, 4) is 0 Å². The molecule has 1 rings (SSSR count). The molecule has 0 fully saturated rings. The van der Waals surface area contributed by atoms with E-state index in [1.807, 2.05) is 6.08 Å². The Hall–Kier alpha value is -0.0957. The maximum Gasteiger partial charge on any atom is 0.0425 e. The SMILES string of the molecule is C=CC=CC(C)(C)C.CCP(CC)(CC)=NC1=CC=CC1.[Ti]. The molecule has 0 unspecified atom stereocenters. The van der Waals surface area contributed by atoms with Crippen LogP contribution in [0.2, 0.25) is 0 Å². The molecular weight excluding hydrogens is 321 g/mol. The first-order chi connectivity index (χ1) is 9.82. The third-order valence-electron chi connectivity index (χ3n) is 3.59. The molecule has 0 aliphatic heterocycles. The Morgan fingerprint density at radius 1 is 1.18 bits per heavy atom. The Balaban J connectivity index is 0. The third-order valence-corrected chi connectivity index (χ3v) is 7.80. The molecule has 0 bridgehead atoms. The van der Waals surface area contributed by atoms with Crippen molar-refractivity contribution in [2.45, 2.75) is 48.0 Å². The van der Waals surface area contributed by atoms with Crippen LogP contribution in [-0.2, 0) is 21.7 Å². The second-order valence-electron chi connectivity index (χ2n) is 6.39. The molecule has 3 heteroatoms. The van der Waals surface area contributed by atoms with Crippen molar-refractivity contribution < 1.29 is 21.7 Å². The average Bonchev–Trinajstić information content (AvgIpc) is 2.95. The maximum absolute atomic E-state index is 4.97. The molecule has 0 atom stereocenters. The Labute approximate surface area is 154 Å². The summed E-state index contributed by atoms with van der Waals surface area (Å²) in [7, 11) is -0.971. The van der Waals surface area contributed by atoms with Gasteiger partial charge in [0, 0.05) is 33.8 Å². The van der Waals surface area contributed by atoms with Crippen LogP contribution >= 0.6 is 7.05 Å². The molecule has 0 aromatic heterocycles. The molecule has 0 saturated carbocycles. The van der Waals surface area contributed by atoms with Gasteiger partial charge in [-0.05, 0) is 37.0 Å². The van der Waals surface area contributed by atoms with Crippen LogP contribution in [0.1, 0.15) is 48.0 Å². The third kappa shape index (κ3) is 10.6. The van der Waals surface area contributed by atoms with Gasteiger partial charge in [0.2, 0.25) is 0 Å². The van der Waals surface area contributed by atoms with E-state index in [1.54, 1.807) is 6.08 Å². The van der Waals surface area contributed by atoms with E-state index in [9.17, 15) is 0 Å². The van der Waals surface area contributed by atoms with Crippen molar-refractivity contribution >= 4 is 7.05 Å². The fourth-order valence-electron chi connectivity index (χ4n) is 2.02. The zero-order chi connectivity index (χ0) is 16.4. The molecule has 0 saturated heterocycles. The summed E-state index contributed by atoms with van der Waals surface area (Å²) in [5, 5.41) is 0. The van der Waals surface area contributed by atoms with Crippen LogP contribution in [-0.4, -0.2) is 18.5 Å². The zero-order valence-corrected chi connectivity index (χ0v) is 17.9. The minimum atomic E-state index is -0.971. The molecule has 0 N–H and O–H groups in total. The van der Waals surface area contributed by atoms with Gasteiger partial charge in [0.25, 0.3) is 0 Å². The molecule has 0 heterocycles. The molecular formula is C19H34NPTi. The van der Waals surface area contributed by atoms with Crippen LogP contribution in [0.4, 0.5) is 0 Å². The van der Waals surface area contributed by atoms with Gasteiger partial charge in [-0.25, -0.2) is 0 Å². The molecule has 0 amide bonds. The van der Waals surface area contributed by atoms with Gasteiger partial charge < -0.3 is 0 Å². The smallest absolute Gasteiger partial charge is 0.0425 e. The van der Waals surface area contributed by atoms with Gasteiger partial charge in [-0.15, -0.1) is 0 Å². The summed E-state index contributed by atoms with van der Waals surface area (Å²) >= 11 is 0. The van der Waals surface area contributed by atoms with E-state index in [4.69, 9.17) is 4.74 Å². The van der Waals surface area contributed by atoms with Gasteiger partial charge in [-0.3, -0.25) is 4.74 Å². The van der Waals surface area contributed by atoms with E-state index in [0.29, 0.717) is 5.41 Å². The van der Waals surface area contributed by atoms with E-state index in [0.717, 1.165) is 6.42 Å². The van der Waals surface area contributed by atoms with E-state index in [1.165, 1.54) is 24.2 Å². The molecule has 22 heavy (non-hydrogen) atoms. The molecule has 0 radical (unpaired) electrons. The summed E-state index contributed by atoms with van der Waals surface area (Å²) in [6, 6.07) is 0. The standard InChI is InChI=1S/C11H20NP.C8H14.Ti/c1-4-13(5-2,6-3)12-11-9-7-8-10-11;1-5-6-7-8(2,3)4;/h7-9H,4-6,10H2,1-3H3;5-7H,1H2,2-4H3;. The monoisotopic (exact) mass is 355 g/mol. The van der Waals surface area contributed by atoms with Crippen molar-refractivity contribution in [3.05, 3.63) is 48.7 Å². The van der Waals surface area contributed by atoms with E-state index in [-0.39, 0.29) is 21.7 Å². The zero-order valence-electron chi connectivity index (χ0n) is 15.4. The summed E-state index contributed by atoms with van der Waals surface area (Å²) < 4.78 is 4.97. The Morgan fingerprint density at radius 2 is 1.73 bits per heavy atom. The van der Waals surface area contributed by atoms with Crippen molar-refractivity contribution in [1.29, 1.82) is 0 Å². The molecule has 1 nitrogen and oxygen atoms in total. The van der Waals surface area contributed by atoms with Crippen molar-refractivity contribution in [3.63, 3.8) is 0 Å². The average molecular weight is 355 g/mol. The van der Waals surface area contributed by atoms with Crippen LogP contribution < -0.4 is 0 Å². The van der Waals surface area contributed by atoms with E-state index in [2.05, 4.69) is 72.4 Å². The minimum absolute atomic E-state index is 0. The Kier molecular flexibility index (Phi) is 13.6. The van der Waals surface area contributed by atoms with E-state index < -0.39 is 7.05 Å². The summed E-state index contributed by atoms with van der Waals surface area (Å²) in [5.74, 6) is 0. The van der Waals surface area contributed by atoms with Crippen molar-refractivity contribution in [2.75, 3.05) is 18.5 Å². The second kappa shape index (κ2) is 12.3. The first-order valence-corrected chi connectivity index (χ1v) is 10.4. The van der Waals surface area contributed by atoms with Crippen LogP contribution in [0.5, 0.6) is 0 Å². The van der Waals surface area contributed by atoms with Crippen molar-refractivity contribution in [1.82, 2.24) is 0 Å². The molecule has 1 aliphatic rings. The molecule has 124 valence electrons. The number of hydrogen-bond acceptors (Lipinski definition) is 1. The molecule has 0 spiro atoms. The Bertz CT molecular complexity index is 432. The fraction of sp³-hybridized carbons (Fsp3) is 0.579. The van der Waals surface area contributed by atoms with Crippen LogP contribution in [0.3, 0.4) is 0 Å². The molecule has 1 aliphatic carbocycles. The fourth-order valence-corrected chi connectivity index (χ4v) is 4.48. The maximum atomic E-state index is 4.97. The number of nitrogens with zero attached hydrogens (tertiary/aromatic N) is 1. The van der Waals surface area contributed by atoms with Gasteiger partial charge in [0.15, 0.2) is 0 Å². The largest absolute Gasteiger partial charge is 0.272 e. The minimum Gasteiger partial charge on any atom is -0.272 e. The topological polar surface area (TPSA) is 12.4 Å². The van der Waals surface area contributed by atoms with Crippen LogP contribution in [0.25, 0.3) is 0 Å². The Morgan fingerprint density at radius 3 is 2.00 bits per heavy atom. The quantitative estimate of drug-likeness (QED) is 0.290. The molecule has 0 aromatic carbocycles. The second-order valence-corrected chi connectivity index (χ2v) is 10.7. The van der Waals surface area contributed by atoms with Crippen LogP contribution in [0.15, 0.2) is 53.5 Å². The summed E-state index contributed by atoms with van der Waals surface area (Å²) in [5.41, 5.74) is 1.60. The van der Waals surface area contributed by atoms with Gasteiger partial charge in [-0.2, -0.15) is 0 Å². The van der Waals surface area contributed by atoms with Crippen LogP contribution in [0, 0.1) is 5.41 Å². The van der Waals surface area contributed by atoms with Gasteiger partial charge in [-0.1, -0.05) is 78.5 Å². The summed E-state index contributed by atoms with van der Waals surface area (Å²) in [4.78, 5) is 0. The van der Waals surface area contributed by atoms with Gasteiger partial charge in [0.05, 0.1) is 0 Å². The van der Waals surface area contributed by atoms with E-state index >= 15 is 0 Å². The summed E-state index contributed by atoms with van der Waals surface area (Å²) in [6.45, 7) is 16.9.